The highest BCUT2D eigenvalue weighted by Crippen LogP contribution is 2.08. The number of aliphatic imine (C=N–C) groups is 1. The summed E-state index contributed by atoms with van der Waals surface area (Å²) in [5.74, 6) is 2.70. The minimum atomic E-state index is -0.592. The Bertz CT molecular complexity index is 257. The highest BCUT2D eigenvalue weighted by molar-refractivity contribution is 7.85. The van der Waals surface area contributed by atoms with Crippen molar-refractivity contribution in [3.05, 3.63) is 0 Å². The van der Waals surface area contributed by atoms with Crippen LogP contribution in [0.15, 0.2) is 4.99 Å². The zero-order chi connectivity index (χ0) is 9.97. The molecule has 1 saturated heterocycles. The predicted octanol–water partition coefficient (Wildman–Crippen LogP) is -0.258. The van der Waals surface area contributed by atoms with E-state index in [0.717, 1.165) is 50.1 Å². The van der Waals surface area contributed by atoms with E-state index < -0.39 is 10.8 Å². The third-order valence-electron chi connectivity index (χ3n) is 2.71. The van der Waals surface area contributed by atoms with E-state index in [1.54, 1.807) is 0 Å². The van der Waals surface area contributed by atoms with Gasteiger partial charge in [-0.15, -0.1) is 0 Å². The average Bonchev–Trinajstić information content (AvgIpc) is 2.20. The maximum Gasteiger partial charge on any atom is 0.196 e. The van der Waals surface area contributed by atoms with Gasteiger partial charge < -0.3 is 9.80 Å². The molecule has 1 fully saturated rings. The van der Waals surface area contributed by atoms with Crippen LogP contribution in [0.2, 0.25) is 0 Å². The topological polar surface area (TPSA) is 35.9 Å². The van der Waals surface area contributed by atoms with E-state index in [-0.39, 0.29) is 0 Å². The molecule has 0 atom stereocenters. The molecule has 2 aliphatic rings. The zero-order valence-electron chi connectivity index (χ0n) is 8.61. The normalized spacial score (nSPS) is 25.1. The Hall–Kier alpha value is -0.580. The van der Waals surface area contributed by atoms with Crippen LogP contribution in [0.25, 0.3) is 0 Å². The fraction of sp³-hybridized carbons (Fsp3) is 0.889. The lowest BCUT2D eigenvalue weighted by atomic mass is 10.3. The van der Waals surface area contributed by atoms with Crippen LogP contribution in [0.1, 0.15) is 6.42 Å². The molecule has 0 spiro atoms. The Labute approximate surface area is 87.4 Å². The van der Waals surface area contributed by atoms with Crippen molar-refractivity contribution >= 4 is 16.8 Å². The quantitative estimate of drug-likeness (QED) is 0.559. The summed E-state index contributed by atoms with van der Waals surface area (Å²) in [6, 6.07) is 0. The summed E-state index contributed by atoms with van der Waals surface area (Å²) in [7, 11) is 1.50. The first-order valence-electron chi connectivity index (χ1n) is 5.13. The standard InChI is InChI=1S/C9H17N3OS/c1-11-4-2-3-10-9(11)12-5-7-14(13)8-6-12/h2-8H2,1H3. The number of nitrogens with zero attached hydrogens (tertiary/aromatic N) is 3. The van der Waals surface area contributed by atoms with Crippen LogP contribution in [0.4, 0.5) is 0 Å². The van der Waals surface area contributed by atoms with Crippen LogP contribution >= 0.6 is 0 Å². The Kier molecular flexibility index (Phi) is 3.05. The molecule has 0 aromatic rings. The molecule has 14 heavy (non-hydrogen) atoms. The highest BCUT2D eigenvalue weighted by Gasteiger charge is 2.22. The first kappa shape index (κ1) is 9.96. The van der Waals surface area contributed by atoms with Crippen molar-refractivity contribution < 1.29 is 4.21 Å². The van der Waals surface area contributed by atoms with E-state index in [1.807, 2.05) is 0 Å². The van der Waals surface area contributed by atoms with Crippen LogP contribution in [0.5, 0.6) is 0 Å². The monoisotopic (exact) mass is 215 g/mol. The first-order chi connectivity index (χ1) is 6.77. The van der Waals surface area contributed by atoms with Crippen molar-refractivity contribution in [2.24, 2.45) is 4.99 Å². The lowest BCUT2D eigenvalue weighted by Gasteiger charge is -2.36. The van der Waals surface area contributed by atoms with Crippen LogP contribution in [0.3, 0.4) is 0 Å². The molecule has 0 aromatic carbocycles. The average molecular weight is 215 g/mol. The first-order valence-corrected chi connectivity index (χ1v) is 6.61. The molecule has 2 aliphatic heterocycles. The van der Waals surface area contributed by atoms with Gasteiger partial charge >= 0.3 is 0 Å². The van der Waals surface area contributed by atoms with Gasteiger partial charge in [-0.05, 0) is 6.42 Å². The van der Waals surface area contributed by atoms with Gasteiger partial charge in [0.2, 0.25) is 0 Å². The molecule has 0 bridgehead atoms. The molecule has 2 heterocycles. The molecule has 0 unspecified atom stereocenters. The maximum atomic E-state index is 11.2. The summed E-state index contributed by atoms with van der Waals surface area (Å²) in [5.41, 5.74) is 0. The van der Waals surface area contributed by atoms with E-state index in [9.17, 15) is 4.21 Å². The molecule has 5 heteroatoms. The fourth-order valence-corrected chi connectivity index (χ4v) is 2.94. The van der Waals surface area contributed by atoms with Crippen LogP contribution in [-0.2, 0) is 10.8 Å². The van der Waals surface area contributed by atoms with Crippen molar-refractivity contribution in [1.82, 2.24) is 9.80 Å². The molecule has 0 aliphatic carbocycles. The Morgan fingerprint density at radius 3 is 2.64 bits per heavy atom. The smallest absolute Gasteiger partial charge is 0.196 e. The summed E-state index contributed by atoms with van der Waals surface area (Å²) in [6.07, 6.45) is 1.15. The van der Waals surface area contributed by atoms with Gasteiger partial charge in [0, 0.05) is 55.5 Å². The van der Waals surface area contributed by atoms with E-state index in [2.05, 4.69) is 21.8 Å². The summed E-state index contributed by atoms with van der Waals surface area (Å²) in [6.45, 7) is 3.84. The van der Waals surface area contributed by atoms with E-state index in [0.29, 0.717) is 0 Å². The van der Waals surface area contributed by atoms with E-state index in [1.165, 1.54) is 0 Å². The molecule has 2 rings (SSSR count). The van der Waals surface area contributed by atoms with E-state index in [4.69, 9.17) is 0 Å². The second-order valence-corrected chi connectivity index (χ2v) is 5.49. The van der Waals surface area contributed by atoms with Gasteiger partial charge in [0.05, 0.1) is 0 Å². The molecule has 80 valence electrons. The molecule has 0 aromatic heterocycles. The van der Waals surface area contributed by atoms with Crippen molar-refractivity contribution in [1.29, 1.82) is 0 Å². The van der Waals surface area contributed by atoms with Gasteiger partial charge in [-0.1, -0.05) is 0 Å². The minimum Gasteiger partial charge on any atom is -0.346 e. The third kappa shape index (κ3) is 2.08. The third-order valence-corrected chi connectivity index (χ3v) is 3.98. The zero-order valence-corrected chi connectivity index (χ0v) is 9.42. The molecule has 4 nitrogen and oxygen atoms in total. The Balaban J connectivity index is 2.00. The highest BCUT2D eigenvalue weighted by atomic mass is 32.2. The summed E-state index contributed by atoms with van der Waals surface area (Å²) < 4.78 is 11.2. The summed E-state index contributed by atoms with van der Waals surface area (Å²) >= 11 is 0. The second kappa shape index (κ2) is 4.29. The van der Waals surface area contributed by atoms with Gasteiger partial charge in [0.15, 0.2) is 5.96 Å². The predicted molar refractivity (Wildman–Crippen MR) is 59.0 cm³/mol. The molecular formula is C9H17N3OS. The van der Waals surface area contributed by atoms with Crippen molar-refractivity contribution in [3.8, 4) is 0 Å². The summed E-state index contributed by atoms with van der Waals surface area (Å²) in [5, 5.41) is 0. The molecule has 0 amide bonds. The lowest BCUT2D eigenvalue weighted by molar-refractivity contribution is 0.345. The molecule has 0 N–H and O–H groups in total. The van der Waals surface area contributed by atoms with Gasteiger partial charge in [-0.3, -0.25) is 9.20 Å². The minimum absolute atomic E-state index is 0.592. The number of hydrogen-bond acceptors (Lipinski definition) is 4. The number of hydrogen-bond donors (Lipinski definition) is 0. The number of rotatable bonds is 0. The number of guanidine groups is 1. The van der Waals surface area contributed by atoms with Crippen LogP contribution in [0, 0.1) is 0 Å². The van der Waals surface area contributed by atoms with Gasteiger partial charge in [0.25, 0.3) is 0 Å². The van der Waals surface area contributed by atoms with Gasteiger partial charge in [-0.25, -0.2) is 0 Å². The van der Waals surface area contributed by atoms with Crippen LogP contribution < -0.4 is 0 Å². The van der Waals surface area contributed by atoms with Crippen molar-refractivity contribution in [3.63, 3.8) is 0 Å². The second-order valence-electron chi connectivity index (χ2n) is 3.79. The SMILES string of the molecule is CN1CCCN=C1N1CCS(=O)CC1. The molecule has 0 radical (unpaired) electrons. The summed E-state index contributed by atoms with van der Waals surface area (Å²) in [4.78, 5) is 9.00. The largest absolute Gasteiger partial charge is 0.346 e. The van der Waals surface area contributed by atoms with Crippen molar-refractivity contribution in [2.75, 3.05) is 44.7 Å². The molecule has 0 saturated carbocycles. The van der Waals surface area contributed by atoms with E-state index >= 15 is 0 Å². The van der Waals surface area contributed by atoms with Gasteiger partial charge in [-0.2, -0.15) is 0 Å². The Morgan fingerprint density at radius 1 is 1.29 bits per heavy atom. The molecular weight excluding hydrogens is 198 g/mol. The maximum absolute atomic E-state index is 11.2. The fourth-order valence-electron chi connectivity index (χ4n) is 1.89. The Morgan fingerprint density at radius 2 is 2.00 bits per heavy atom. The van der Waals surface area contributed by atoms with Gasteiger partial charge in [0.1, 0.15) is 0 Å². The van der Waals surface area contributed by atoms with Crippen LogP contribution in [-0.4, -0.2) is 64.7 Å². The lowest BCUT2D eigenvalue weighted by Crippen LogP contribution is -2.50. The van der Waals surface area contributed by atoms with Crippen molar-refractivity contribution in [2.45, 2.75) is 6.42 Å².